The number of rotatable bonds is 18. The van der Waals surface area contributed by atoms with E-state index in [0.717, 1.165) is 182 Å². The molecule has 0 saturated heterocycles. The molecule has 3 heterocycles. The molecule has 0 aliphatic rings. The molecule has 0 aliphatic carbocycles. The maximum absolute atomic E-state index is 5.49. The molecule has 642 valence electrons. The van der Waals surface area contributed by atoms with Crippen LogP contribution in [0.4, 0.5) is 0 Å². The van der Waals surface area contributed by atoms with Crippen molar-refractivity contribution in [1.82, 2.24) is 15.0 Å². The van der Waals surface area contributed by atoms with Crippen molar-refractivity contribution in [2.24, 2.45) is 0 Å². The maximum Gasteiger partial charge on any atom is 0.0780 e. The minimum atomic E-state index is 0.955. The zero-order chi connectivity index (χ0) is 91.4. The molecule has 0 N–H and O–H groups in total. The van der Waals surface area contributed by atoms with Gasteiger partial charge in [-0.15, -0.1) is 0 Å². The first-order valence-corrected chi connectivity index (χ1v) is 47.3. The molecule has 0 fully saturated rings. The smallest absolute Gasteiger partial charge is 0.0780 e. The third-order valence-electron chi connectivity index (χ3n) is 27.7. The summed E-state index contributed by atoms with van der Waals surface area (Å²) in [4.78, 5) is 16.5. The zero-order valence-corrected chi connectivity index (χ0v) is 75.6. The minimum absolute atomic E-state index is 0.955. The van der Waals surface area contributed by atoms with E-state index >= 15 is 0 Å². The van der Waals surface area contributed by atoms with Gasteiger partial charge in [0.25, 0.3) is 0 Å². The van der Waals surface area contributed by atoms with Crippen LogP contribution in [-0.2, 0) is 0 Å². The summed E-state index contributed by atoms with van der Waals surface area (Å²) in [7, 11) is 0. The molecule has 0 amide bonds. The van der Waals surface area contributed by atoms with Gasteiger partial charge in [-0.25, -0.2) is 0 Å². The van der Waals surface area contributed by atoms with Crippen LogP contribution in [-0.4, -0.2) is 15.0 Å². The molecule has 25 aromatic rings. The van der Waals surface area contributed by atoms with Crippen molar-refractivity contribution >= 4 is 65.0 Å². The summed E-state index contributed by atoms with van der Waals surface area (Å²) in [6, 6.07) is 187. The number of fused-ring (bicyclic) bond motifs is 9. The molecule has 22 aromatic carbocycles. The van der Waals surface area contributed by atoms with Crippen molar-refractivity contribution in [1.29, 1.82) is 0 Å². The molecule has 0 bridgehead atoms. The monoisotopic (exact) mass is 1750 g/mol. The number of hydrogen-bond donors (Lipinski definition) is 0. The number of hydrogen-bond acceptors (Lipinski definition) is 3. The first-order chi connectivity index (χ1) is 68.3. The zero-order valence-electron chi connectivity index (χ0n) is 75.6. The molecular weight excluding hydrogens is 1660 g/mol. The fraction of sp³-hybridized carbons (Fsp3) is 0. The Hall–Kier alpha value is -18.2. The van der Waals surface area contributed by atoms with Crippen LogP contribution < -0.4 is 0 Å². The van der Waals surface area contributed by atoms with Crippen LogP contribution >= 0.6 is 0 Å². The van der Waals surface area contributed by atoms with Gasteiger partial charge in [0.1, 0.15) is 0 Å². The lowest BCUT2D eigenvalue weighted by molar-refractivity contribution is 1.42. The topological polar surface area (TPSA) is 38.7 Å². The fourth-order valence-corrected chi connectivity index (χ4v) is 20.9. The van der Waals surface area contributed by atoms with Gasteiger partial charge >= 0.3 is 0 Å². The number of aromatic nitrogens is 3. The van der Waals surface area contributed by atoms with Crippen molar-refractivity contribution < 1.29 is 0 Å². The molecule has 3 aromatic heterocycles. The first kappa shape index (κ1) is 81.8. The molecule has 3 nitrogen and oxygen atoms in total. The molecule has 3 heteroatoms. The Bertz CT molecular complexity index is 8020. The Labute approximate surface area is 802 Å². The summed E-state index contributed by atoms with van der Waals surface area (Å²) >= 11 is 0. The van der Waals surface area contributed by atoms with E-state index in [4.69, 9.17) is 15.0 Å². The van der Waals surface area contributed by atoms with Gasteiger partial charge in [-0.1, -0.05) is 400 Å². The standard InChI is InChI=1S/C135H87N3/c1-7-31-88(32-8-1)103-73-104(89-33-9-2-10-34-89)77-109(76-103)94-43-25-46-97(67-94)118-55-28-58-130-127(118)64-61-100-70-115(85-136-133(100)130)124-52-22-19-49-121(124)112-82-113(122-50-20-23-53-125(122)116-71-101-62-65-128-119(56-29-59-131(128)134(101)137-86-116)98-47-26-44-95(68-98)110-78-105(90-35-11-3-12-36-90)74-106(79-110)91-37-13-4-14-38-91)84-114(83-112)123-51-21-24-54-126(123)117-72-102-63-66-129-120(57-30-60-132(129)135(102)138-87-117)99-48-27-45-96(69-99)111-80-107(92-39-15-5-16-40-92)75-108(81-111)93-41-17-6-18-42-93/h1-87H. The minimum Gasteiger partial charge on any atom is -0.255 e. The lowest BCUT2D eigenvalue weighted by Crippen LogP contribution is -1.93. The van der Waals surface area contributed by atoms with Gasteiger partial charge in [-0.3, -0.25) is 15.0 Å². The summed E-state index contributed by atoms with van der Waals surface area (Å²) in [6.45, 7) is 0. The summed E-state index contributed by atoms with van der Waals surface area (Å²) in [6.07, 6.45) is 6.25. The second-order valence-electron chi connectivity index (χ2n) is 36.1. The molecule has 0 unspecified atom stereocenters. The Morgan fingerprint density at radius 1 is 0.0942 bits per heavy atom. The Morgan fingerprint density at radius 3 is 0.507 bits per heavy atom. The van der Waals surface area contributed by atoms with Gasteiger partial charge in [0.05, 0.1) is 16.6 Å². The van der Waals surface area contributed by atoms with Gasteiger partial charge in [-0.2, -0.15) is 0 Å². The van der Waals surface area contributed by atoms with Gasteiger partial charge < -0.3 is 0 Å². The van der Waals surface area contributed by atoms with Crippen molar-refractivity contribution in [3.63, 3.8) is 0 Å². The van der Waals surface area contributed by atoms with Crippen LogP contribution in [0.2, 0.25) is 0 Å². The lowest BCUT2D eigenvalue weighted by Gasteiger charge is -2.18. The lowest BCUT2D eigenvalue weighted by atomic mass is 9.86. The number of pyridine rings is 3. The largest absolute Gasteiger partial charge is 0.255 e. The van der Waals surface area contributed by atoms with E-state index in [1.807, 2.05) is 0 Å². The normalized spacial score (nSPS) is 11.5. The highest BCUT2D eigenvalue weighted by atomic mass is 14.7. The third-order valence-corrected chi connectivity index (χ3v) is 27.7. The quantitative estimate of drug-likeness (QED) is 0.0804. The second-order valence-corrected chi connectivity index (χ2v) is 36.1. The first-order valence-electron chi connectivity index (χ1n) is 47.3. The maximum atomic E-state index is 5.49. The average Bonchev–Trinajstić information content (AvgIpc) is 0.757. The van der Waals surface area contributed by atoms with Crippen LogP contribution in [0.1, 0.15) is 0 Å². The highest BCUT2D eigenvalue weighted by Crippen LogP contribution is 2.48. The second kappa shape index (κ2) is 35.4. The molecule has 0 saturated carbocycles. The van der Waals surface area contributed by atoms with Gasteiger partial charge in [-0.05, 0) is 309 Å². The SMILES string of the molecule is c1ccc(-c2cc(-c3ccccc3)cc(-c3cccc(-c4cccc5c4ccc4cc(-c6ccccc6-c6cc(-c7ccccc7-c7cnc8c(ccc9c(-c%10cccc(-c%11cc(-c%12ccccc%12)cc(-c%12ccccc%12)c%11)c%10)cccc98)c7)cc(-c7ccccc7-c7cnc8c(ccc9c(-c%10cccc(-c%11cc(-c%12ccccc%12)cc(-c%12ccccc%12)c%11)c%10)cccc98)c7)c6)cnc45)c3)c2)cc1. The summed E-state index contributed by atoms with van der Waals surface area (Å²) in [5.74, 6) is 0. The van der Waals surface area contributed by atoms with Gasteiger partial charge in [0.15, 0.2) is 0 Å². The molecule has 138 heavy (non-hydrogen) atoms. The van der Waals surface area contributed by atoms with Crippen LogP contribution in [0.5, 0.6) is 0 Å². The van der Waals surface area contributed by atoms with E-state index in [1.165, 1.54) is 83.5 Å². The molecule has 0 atom stereocenters. The van der Waals surface area contributed by atoms with Gasteiger partial charge in [0.2, 0.25) is 0 Å². The Kier molecular flexibility index (Phi) is 21.0. The van der Waals surface area contributed by atoms with Crippen molar-refractivity contribution in [2.45, 2.75) is 0 Å². The molecule has 0 spiro atoms. The molecule has 0 aliphatic heterocycles. The number of benzene rings is 22. The fourth-order valence-electron chi connectivity index (χ4n) is 20.9. The molecule has 0 radical (unpaired) electrons. The Morgan fingerprint density at radius 2 is 0.268 bits per heavy atom. The summed E-state index contributed by atoms with van der Waals surface area (Å²) in [5.41, 5.74) is 43.7. The summed E-state index contributed by atoms with van der Waals surface area (Å²) < 4.78 is 0. The molecular formula is C135H87N3. The summed E-state index contributed by atoms with van der Waals surface area (Å²) in [5, 5.41) is 9.94. The van der Waals surface area contributed by atoms with Crippen molar-refractivity contribution in [2.75, 3.05) is 0 Å². The van der Waals surface area contributed by atoms with E-state index in [0.29, 0.717) is 0 Å². The predicted molar refractivity (Wildman–Crippen MR) is 583 cm³/mol. The average molecular weight is 1750 g/mol. The van der Waals surface area contributed by atoms with E-state index in [2.05, 4.69) is 528 Å². The highest BCUT2D eigenvalue weighted by molar-refractivity contribution is 6.15. The van der Waals surface area contributed by atoms with E-state index in [9.17, 15) is 0 Å². The predicted octanol–water partition coefficient (Wildman–Crippen LogP) is 36.8. The van der Waals surface area contributed by atoms with Crippen LogP contribution in [0, 0.1) is 0 Å². The van der Waals surface area contributed by atoms with Crippen molar-refractivity contribution in [3.8, 4) is 200 Å². The van der Waals surface area contributed by atoms with Crippen LogP contribution in [0.3, 0.4) is 0 Å². The van der Waals surface area contributed by atoms with Crippen LogP contribution in [0.15, 0.2) is 528 Å². The van der Waals surface area contributed by atoms with E-state index < -0.39 is 0 Å². The highest BCUT2D eigenvalue weighted by Gasteiger charge is 2.23. The van der Waals surface area contributed by atoms with Gasteiger partial charge in [0, 0.05) is 67.6 Å². The Balaban J connectivity index is 0.586. The van der Waals surface area contributed by atoms with E-state index in [1.54, 1.807) is 0 Å². The third kappa shape index (κ3) is 15.6. The van der Waals surface area contributed by atoms with E-state index in [-0.39, 0.29) is 0 Å². The molecule has 25 rings (SSSR count). The number of nitrogens with zero attached hydrogens (tertiary/aromatic N) is 3. The van der Waals surface area contributed by atoms with Crippen LogP contribution in [0.25, 0.3) is 265 Å². The van der Waals surface area contributed by atoms with Crippen molar-refractivity contribution in [3.05, 3.63) is 528 Å².